The third-order valence-electron chi connectivity index (χ3n) is 6.31. The molecule has 0 bridgehead atoms. The van der Waals surface area contributed by atoms with E-state index in [2.05, 4.69) is 6.92 Å². The monoisotopic (exact) mass is 442 g/mol. The highest BCUT2D eigenvalue weighted by Gasteiger charge is 2.40. The molecule has 0 spiro atoms. The zero-order valence-corrected chi connectivity index (χ0v) is 20.1. The van der Waals surface area contributed by atoms with Gasteiger partial charge in [-0.2, -0.15) is 0 Å². The van der Waals surface area contributed by atoms with Crippen molar-refractivity contribution in [2.45, 2.75) is 140 Å². The molecule has 3 N–H and O–H groups in total. The van der Waals surface area contributed by atoms with Gasteiger partial charge in [0.15, 0.2) is 0 Å². The number of ether oxygens (including phenoxy) is 2. The summed E-state index contributed by atoms with van der Waals surface area (Å²) in [6.45, 7) is 2.10. The van der Waals surface area contributed by atoms with Crippen LogP contribution in [0.25, 0.3) is 0 Å². The quantitative estimate of drug-likeness (QED) is 0.158. The lowest BCUT2D eigenvalue weighted by Crippen LogP contribution is -2.41. The molecule has 0 aromatic carbocycles. The van der Waals surface area contributed by atoms with Crippen molar-refractivity contribution in [1.29, 1.82) is 0 Å². The molecule has 4 atom stereocenters. The van der Waals surface area contributed by atoms with Gasteiger partial charge in [0.25, 0.3) is 0 Å². The van der Waals surface area contributed by atoms with E-state index in [1.54, 1.807) is 6.26 Å². The second kappa shape index (κ2) is 20.0. The average molecular weight is 443 g/mol. The average Bonchev–Trinajstić information content (AvgIpc) is 3.11. The molecule has 31 heavy (non-hydrogen) atoms. The van der Waals surface area contributed by atoms with Crippen LogP contribution in [0.4, 0.5) is 0 Å². The van der Waals surface area contributed by atoms with E-state index < -0.39 is 24.4 Å². The summed E-state index contributed by atoms with van der Waals surface area (Å²) in [4.78, 5) is 0. The zero-order valence-electron chi connectivity index (χ0n) is 20.1. The van der Waals surface area contributed by atoms with Crippen LogP contribution in [-0.4, -0.2) is 52.9 Å². The highest BCUT2D eigenvalue weighted by Crippen LogP contribution is 2.20. The van der Waals surface area contributed by atoms with Crippen molar-refractivity contribution in [3.05, 3.63) is 12.3 Å². The number of aliphatic hydroxyl groups is 3. The molecule has 1 saturated heterocycles. The van der Waals surface area contributed by atoms with Crippen LogP contribution in [0.3, 0.4) is 0 Å². The Morgan fingerprint density at radius 3 is 1.71 bits per heavy atom. The van der Waals surface area contributed by atoms with E-state index in [0.717, 1.165) is 12.8 Å². The second-order valence-electron chi connectivity index (χ2n) is 9.18. The standard InChI is InChI=1S/C26H50O5/c1-2-3-4-5-6-7-8-9-10-11-12-13-14-15-16-17-18-19-20-30-24(21-27)26-25(29)23(28)22-31-26/h19-20,23-29H,2-18,21-22H2,1H3/b20-19+/t23-,24+,25+,26+/m0/s1. The van der Waals surface area contributed by atoms with Gasteiger partial charge in [0.1, 0.15) is 24.4 Å². The van der Waals surface area contributed by atoms with Crippen LogP contribution in [0.5, 0.6) is 0 Å². The highest BCUT2D eigenvalue weighted by molar-refractivity contribution is 4.90. The highest BCUT2D eigenvalue weighted by atomic mass is 16.6. The predicted octanol–water partition coefficient (Wildman–Crippen LogP) is 5.65. The third kappa shape index (κ3) is 14.2. The molecule has 1 aliphatic rings. The summed E-state index contributed by atoms with van der Waals surface area (Å²) >= 11 is 0. The molecule has 0 aromatic rings. The van der Waals surface area contributed by atoms with E-state index in [-0.39, 0.29) is 13.2 Å². The van der Waals surface area contributed by atoms with Crippen LogP contribution >= 0.6 is 0 Å². The van der Waals surface area contributed by atoms with E-state index in [1.807, 2.05) is 6.08 Å². The Morgan fingerprint density at radius 2 is 1.29 bits per heavy atom. The van der Waals surface area contributed by atoms with Gasteiger partial charge < -0.3 is 24.8 Å². The first-order chi connectivity index (χ1) is 15.2. The van der Waals surface area contributed by atoms with Gasteiger partial charge in [-0.25, -0.2) is 0 Å². The number of hydrogen-bond donors (Lipinski definition) is 3. The van der Waals surface area contributed by atoms with Gasteiger partial charge in [0.2, 0.25) is 0 Å². The maximum atomic E-state index is 9.83. The third-order valence-corrected chi connectivity index (χ3v) is 6.31. The maximum Gasteiger partial charge on any atom is 0.149 e. The first kappa shape index (κ1) is 28.4. The minimum atomic E-state index is -1.01. The van der Waals surface area contributed by atoms with Crippen LogP contribution in [0.15, 0.2) is 12.3 Å². The van der Waals surface area contributed by atoms with Gasteiger partial charge in [-0.3, -0.25) is 0 Å². The van der Waals surface area contributed by atoms with Gasteiger partial charge in [0, 0.05) is 0 Å². The topological polar surface area (TPSA) is 79.2 Å². The Kier molecular flexibility index (Phi) is 18.3. The summed E-state index contributed by atoms with van der Waals surface area (Å²) < 4.78 is 10.8. The Balaban J connectivity index is 1.83. The maximum absolute atomic E-state index is 9.83. The minimum absolute atomic E-state index is 0.0780. The first-order valence-corrected chi connectivity index (χ1v) is 13.1. The molecule has 1 heterocycles. The molecule has 0 radical (unpaired) electrons. The first-order valence-electron chi connectivity index (χ1n) is 13.1. The van der Waals surface area contributed by atoms with Gasteiger partial charge in [-0.05, 0) is 18.9 Å². The minimum Gasteiger partial charge on any atom is -0.493 e. The number of aliphatic hydroxyl groups excluding tert-OH is 3. The molecular formula is C26H50O5. The Labute approximate surface area is 191 Å². The molecule has 0 aromatic heterocycles. The lowest BCUT2D eigenvalue weighted by Gasteiger charge is -2.23. The van der Waals surface area contributed by atoms with Gasteiger partial charge in [-0.15, -0.1) is 0 Å². The van der Waals surface area contributed by atoms with E-state index in [1.165, 1.54) is 96.3 Å². The van der Waals surface area contributed by atoms with E-state index >= 15 is 0 Å². The Bertz CT molecular complexity index is 415. The van der Waals surface area contributed by atoms with Crippen molar-refractivity contribution in [3.63, 3.8) is 0 Å². The van der Waals surface area contributed by atoms with Crippen LogP contribution in [-0.2, 0) is 9.47 Å². The Morgan fingerprint density at radius 1 is 0.806 bits per heavy atom. The molecule has 5 heteroatoms. The molecule has 0 amide bonds. The van der Waals surface area contributed by atoms with Crippen LogP contribution < -0.4 is 0 Å². The molecule has 0 aliphatic carbocycles. The van der Waals surface area contributed by atoms with Crippen LogP contribution in [0.2, 0.25) is 0 Å². The van der Waals surface area contributed by atoms with Crippen molar-refractivity contribution < 1.29 is 24.8 Å². The normalized spacial score (nSPS) is 22.4. The fourth-order valence-electron chi connectivity index (χ4n) is 4.21. The van der Waals surface area contributed by atoms with Crippen molar-refractivity contribution in [3.8, 4) is 0 Å². The molecule has 5 nitrogen and oxygen atoms in total. The summed E-state index contributed by atoms with van der Waals surface area (Å²) in [5.41, 5.74) is 0. The molecule has 184 valence electrons. The molecule has 0 saturated carbocycles. The van der Waals surface area contributed by atoms with Gasteiger partial charge in [0.05, 0.1) is 19.5 Å². The van der Waals surface area contributed by atoms with Crippen molar-refractivity contribution in [2.24, 2.45) is 0 Å². The van der Waals surface area contributed by atoms with Crippen molar-refractivity contribution in [1.82, 2.24) is 0 Å². The summed E-state index contributed by atoms with van der Waals surface area (Å²) in [6, 6.07) is 0. The van der Waals surface area contributed by atoms with E-state index in [4.69, 9.17) is 9.47 Å². The van der Waals surface area contributed by atoms with Crippen molar-refractivity contribution >= 4 is 0 Å². The van der Waals surface area contributed by atoms with E-state index in [9.17, 15) is 15.3 Å². The molecular weight excluding hydrogens is 392 g/mol. The summed E-state index contributed by atoms with van der Waals surface area (Å²) in [5.74, 6) is 0. The number of hydrogen-bond acceptors (Lipinski definition) is 5. The predicted molar refractivity (Wildman–Crippen MR) is 127 cm³/mol. The molecule has 0 unspecified atom stereocenters. The van der Waals surface area contributed by atoms with Gasteiger partial charge in [-0.1, -0.05) is 103 Å². The lowest BCUT2D eigenvalue weighted by molar-refractivity contribution is -0.0737. The van der Waals surface area contributed by atoms with Gasteiger partial charge >= 0.3 is 0 Å². The van der Waals surface area contributed by atoms with E-state index in [0.29, 0.717) is 0 Å². The lowest BCUT2D eigenvalue weighted by atomic mass is 10.0. The Hall–Kier alpha value is -0.620. The summed E-state index contributed by atoms with van der Waals surface area (Å²) in [5, 5.41) is 28.8. The SMILES string of the molecule is CCCCCCCCCCCCCCCCCC/C=C/O[C@H](CO)[C@H]1OC[C@H](O)[C@H]1O. The number of unbranched alkanes of at least 4 members (excludes halogenated alkanes) is 16. The molecule has 1 rings (SSSR count). The number of allylic oxidation sites excluding steroid dienone is 1. The summed E-state index contributed by atoms with van der Waals surface area (Å²) in [6.07, 6.45) is 23.2. The largest absolute Gasteiger partial charge is 0.493 e. The second-order valence-corrected chi connectivity index (χ2v) is 9.18. The molecule has 1 aliphatic heterocycles. The fraction of sp³-hybridized carbons (Fsp3) is 0.923. The van der Waals surface area contributed by atoms with Crippen LogP contribution in [0, 0.1) is 0 Å². The smallest absolute Gasteiger partial charge is 0.149 e. The van der Waals surface area contributed by atoms with Crippen molar-refractivity contribution in [2.75, 3.05) is 13.2 Å². The van der Waals surface area contributed by atoms with Crippen LogP contribution in [0.1, 0.15) is 116 Å². The summed E-state index contributed by atoms with van der Waals surface area (Å²) in [7, 11) is 0. The molecule has 1 fully saturated rings. The zero-order chi connectivity index (χ0) is 22.6. The number of rotatable bonds is 21. The fourth-order valence-corrected chi connectivity index (χ4v) is 4.21.